The zero-order chi connectivity index (χ0) is 13.4. The summed E-state index contributed by atoms with van der Waals surface area (Å²) in [6.07, 6.45) is 2.76. The lowest BCUT2D eigenvalue weighted by atomic mass is 10.1. The van der Waals surface area contributed by atoms with Crippen molar-refractivity contribution in [2.24, 2.45) is 0 Å². The Morgan fingerprint density at radius 1 is 1.21 bits per heavy atom. The maximum Gasteiger partial charge on any atom is 0.354 e. The highest BCUT2D eigenvalue weighted by atomic mass is 35.5. The smallest absolute Gasteiger partial charge is 0.354 e. The molecule has 1 aromatic carbocycles. The number of carboxylic acid groups (broad SMARTS) is 1. The number of nitrogens with one attached hydrogen (secondary N) is 1. The SMILES string of the molecule is O=C(O)c1cc(-c2cc(Cl)c3nc[nH]c3c2)ncn1. The summed E-state index contributed by atoms with van der Waals surface area (Å²) < 4.78 is 0. The molecule has 0 amide bonds. The molecule has 0 aliphatic carbocycles. The Morgan fingerprint density at radius 2 is 2.05 bits per heavy atom. The predicted octanol–water partition coefficient (Wildman–Crippen LogP) is 2.37. The number of halogens is 1. The van der Waals surface area contributed by atoms with Gasteiger partial charge >= 0.3 is 5.97 Å². The van der Waals surface area contributed by atoms with Crippen LogP contribution < -0.4 is 0 Å². The molecule has 2 heterocycles. The molecule has 0 aliphatic heterocycles. The molecule has 7 heteroatoms. The van der Waals surface area contributed by atoms with E-state index >= 15 is 0 Å². The summed E-state index contributed by atoms with van der Waals surface area (Å²) in [5, 5.41) is 9.39. The molecule has 0 aliphatic rings. The van der Waals surface area contributed by atoms with Gasteiger partial charge in [-0.1, -0.05) is 11.6 Å². The zero-order valence-corrected chi connectivity index (χ0v) is 10.2. The van der Waals surface area contributed by atoms with Gasteiger partial charge in [-0.15, -0.1) is 0 Å². The first kappa shape index (κ1) is 11.6. The molecule has 0 spiro atoms. The van der Waals surface area contributed by atoms with Crippen LogP contribution in [0.25, 0.3) is 22.3 Å². The average molecular weight is 275 g/mol. The third-order valence-electron chi connectivity index (χ3n) is 2.66. The third-order valence-corrected chi connectivity index (χ3v) is 2.95. The molecule has 3 aromatic rings. The summed E-state index contributed by atoms with van der Waals surface area (Å²) in [4.78, 5) is 25.7. The molecule has 6 nitrogen and oxygen atoms in total. The Morgan fingerprint density at radius 3 is 2.84 bits per heavy atom. The molecule has 19 heavy (non-hydrogen) atoms. The summed E-state index contributed by atoms with van der Waals surface area (Å²) >= 11 is 6.11. The Bertz CT molecular complexity index is 784. The second-order valence-corrected chi connectivity index (χ2v) is 4.26. The predicted molar refractivity (Wildman–Crippen MR) is 69.1 cm³/mol. The number of rotatable bonds is 2. The first-order valence-electron chi connectivity index (χ1n) is 5.33. The number of imidazole rings is 1. The molecule has 2 N–H and O–H groups in total. The van der Waals surface area contributed by atoms with Crippen LogP contribution in [-0.2, 0) is 0 Å². The summed E-state index contributed by atoms with van der Waals surface area (Å²) in [7, 11) is 0. The van der Waals surface area contributed by atoms with Crippen LogP contribution in [0.3, 0.4) is 0 Å². The molecule has 0 fully saturated rings. The average Bonchev–Trinajstić information content (AvgIpc) is 2.87. The van der Waals surface area contributed by atoms with Gasteiger partial charge in [-0.05, 0) is 18.2 Å². The molecule has 94 valence electrons. The number of hydrogen-bond acceptors (Lipinski definition) is 4. The van der Waals surface area contributed by atoms with Gasteiger partial charge in [0.2, 0.25) is 0 Å². The third kappa shape index (κ3) is 2.02. The first-order valence-corrected chi connectivity index (χ1v) is 5.71. The van der Waals surface area contributed by atoms with Crippen LogP contribution in [0.2, 0.25) is 5.02 Å². The minimum Gasteiger partial charge on any atom is -0.477 e. The molecule has 0 bridgehead atoms. The van der Waals surface area contributed by atoms with Gasteiger partial charge in [0.1, 0.15) is 11.8 Å². The Kier molecular flexibility index (Phi) is 2.64. The highest BCUT2D eigenvalue weighted by Crippen LogP contribution is 2.27. The van der Waals surface area contributed by atoms with Gasteiger partial charge in [0.25, 0.3) is 0 Å². The Hall–Kier alpha value is -2.47. The fourth-order valence-corrected chi connectivity index (χ4v) is 2.05. The van der Waals surface area contributed by atoms with Crippen molar-refractivity contribution in [3.8, 4) is 11.3 Å². The van der Waals surface area contributed by atoms with Crippen molar-refractivity contribution >= 4 is 28.6 Å². The van der Waals surface area contributed by atoms with E-state index in [1.54, 1.807) is 12.4 Å². The van der Waals surface area contributed by atoms with Crippen molar-refractivity contribution in [1.82, 2.24) is 19.9 Å². The number of carboxylic acids is 1. The largest absolute Gasteiger partial charge is 0.477 e. The normalized spacial score (nSPS) is 10.8. The lowest BCUT2D eigenvalue weighted by Crippen LogP contribution is -2.01. The van der Waals surface area contributed by atoms with Crippen molar-refractivity contribution in [3.63, 3.8) is 0 Å². The van der Waals surface area contributed by atoms with Gasteiger partial charge in [0, 0.05) is 5.56 Å². The van der Waals surface area contributed by atoms with Crippen molar-refractivity contribution in [2.45, 2.75) is 0 Å². The van der Waals surface area contributed by atoms with E-state index in [1.165, 1.54) is 12.4 Å². The molecule has 0 saturated carbocycles. The van der Waals surface area contributed by atoms with Gasteiger partial charge in [0.05, 0.1) is 22.6 Å². The number of hydrogen-bond donors (Lipinski definition) is 2. The molecule has 0 saturated heterocycles. The number of aromatic amines is 1. The summed E-state index contributed by atoms with van der Waals surface area (Å²) in [6, 6.07) is 4.90. The van der Waals surface area contributed by atoms with Crippen LogP contribution in [0.4, 0.5) is 0 Å². The topological polar surface area (TPSA) is 91.8 Å². The fraction of sp³-hybridized carbons (Fsp3) is 0. The number of aromatic nitrogens is 4. The van der Waals surface area contributed by atoms with E-state index < -0.39 is 5.97 Å². The first-order chi connectivity index (χ1) is 9.15. The highest BCUT2D eigenvalue weighted by Gasteiger charge is 2.10. The van der Waals surface area contributed by atoms with Gasteiger partial charge < -0.3 is 10.1 Å². The van der Waals surface area contributed by atoms with Crippen LogP contribution in [0.5, 0.6) is 0 Å². The van der Waals surface area contributed by atoms with E-state index in [1.807, 2.05) is 6.07 Å². The number of benzene rings is 1. The molecule has 0 unspecified atom stereocenters. The van der Waals surface area contributed by atoms with Gasteiger partial charge in [-0.3, -0.25) is 0 Å². The fourth-order valence-electron chi connectivity index (χ4n) is 1.79. The molecular formula is C12H7ClN4O2. The van der Waals surface area contributed by atoms with Crippen molar-refractivity contribution < 1.29 is 9.90 Å². The van der Waals surface area contributed by atoms with Gasteiger partial charge in [-0.2, -0.15) is 0 Å². The summed E-state index contributed by atoms with van der Waals surface area (Å²) in [5.41, 5.74) is 2.55. The number of aromatic carboxylic acids is 1. The molecule has 0 radical (unpaired) electrons. The number of H-pyrrole nitrogens is 1. The lowest BCUT2D eigenvalue weighted by molar-refractivity contribution is 0.0690. The van der Waals surface area contributed by atoms with E-state index in [0.717, 1.165) is 5.52 Å². The number of nitrogens with zero attached hydrogens (tertiary/aromatic N) is 3. The summed E-state index contributed by atoms with van der Waals surface area (Å²) in [5.74, 6) is -1.10. The second kappa shape index (κ2) is 4.33. The minimum atomic E-state index is -1.10. The van der Waals surface area contributed by atoms with E-state index in [-0.39, 0.29) is 5.69 Å². The number of carbonyl (C=O) groups is 1. The van der Waals surface area contributed by atoms with Crippen molar-refractivity contribution in [2.75, 3.05) is 0 Å². The molecule has 3 rings (SSSR count). The van der Waals surface area contributed by atoms with Gasteiger partial charge in [-0.25, -0.2) is 19.7 Å². The maximum absolute atomic E-state index is 10.9. The highest BCUT2D eigenvalue weighted by molar-refractivity contribution is 6.35. The molecule has 2 aromatic heterocycles. The molecular weight excluding hydrogens is 268 g/mol. The van der Waals surface area contributed by atoms with Crippen LogP contribution in [0.15, 0.2) is 30.9 Å². The minimum absolute atomic E-state index is 0.0640. The van der Waals surface area contributed by atoms with Crippen molar-refractivity contribution in [1.29, 1.82) is 0 Å². The summed E-state index contributed by atoms with van der Waals surface area (Å²) in [6.45, 7) is 0. The van der Waals surface area contributed by atoms with Crippen LogP contribution in [0.1, 0.15) is 10.5 Å². The molecule has 0 atom stereocenters. The van der Waals surface area contributed by atoms with E-state index in [9.17, 15) is 4.79 Å². The Balaban J connectivity index is 2.18. The van der Waals surface area contributed by atoms with E-state index in [2.05, 4.69) is 19.9 Å². The lowest BCUT2D eigenvalue weighted by Gasteiger charge is -2.03. The van der Waals surface area contributed by atoms with Crippen LogP contribution in [0, 0.1) is 0 Å². The quantitative estimate of drug-likeness (QED) is 0.748. The standard InChI is InChI=1S/C12H7ClN4O2/c13-7-1-6(2-9-11(7)17-5-15-9)8-3-10(12(18)19)16-4-14-8/h1-5H,(H,15,17)(H,18,19). The monoisotopic (exact) mass is 274 g/mol. The Labute approximate surface area is 112 Å². The van der Waals surface area contributed by atoms with Crippen molar-refractivity contribution in [3.05, 3.63) is 41.6 Å². The van der Waals surface area contributed by atoms with Gasteiger partial charge in [0.15, 0.2) is 5.69 Å². The number of fused-ring (bicyclic) bond motifs is 1. The second-order valence-electron chi connectivity index (χ2n) is 3.85. The van der Waals surface area contributed by atoms with Crippen LogP contribution in [-0.4, -0.2) is 31.0 Å². The van der Waals surface area contributed by atoms with E-state index in [4.69, 9.17) is 16.7 Å². The maximum atomic E-state index is 10.9. The zero-order valence-electron chi connectivity index (χ0n) is 9.46. The van der Waals surface area contributed by atoms with E-state index in [0.29, 0.717) is 21.8 Å². The van der Waals surface area contributed by atoms with Crippen LogP contribution >= 0.6 is 11.6 Å².